The van der Waals surface area contributed by atoms with Gasteiger partial charge in [-0.1, -0.05) is 37.6 Å². The van der Waals surface area contributed by atoms with E-state index >= 15 is 0 Å². The molecule has 0 unspecified atom stereocenters. The van der Waals surface area contributed by atoms with Gasteiger partial charge < -0.3 is 4.90 Å². The second-order valence-corrected chi connectivity index (χ2v) is 5.65. The molecule has 0 N–H and O–H groups in total. The summed E-state index contributed by atoms with van der Waals surface area (Å²) in [6.07, 6.45) is 2.18. The number of carbonyl (C=O) groups is 2. The fraction of sp³-hybridized carbons (Fsp3) is 0.529. The average molecular weight is 288 g/mol. The zero-order valence-electron chi connectivity index (χ0n) is 13.0. The summed E-state index contributed by atoms with van der Waals surface area (Å²) in [6, 6.07) is 7.95. The van der Waals surface area contributed by atoms with Crippen LogP contribution in [-0.2, 0) is 11.2 Å². The minimum absolute atomic E-state index is 0.118. The number of hydrogen-bond donors (Lipinski definition) is 0. The number of aryl methyl sites for hydroxylation is 1. The van der Waals surface area contributed by atoms with E-state index < -0.39 is 0 Å². The van der Waals surface area contributed by atoms with Crippen LogP contribution in [0.4, 0.5) is 0 Å². The highest BCUT2D eigenvalue weighted by Gasteiger charge is 2.20. The normalized spacial score (nSPS) is 16.0. The molecule has 1 saturated heterocycles. The molecule has 0 bridgehead atoms. The third-order valence-electron chi connectivity index (χ3n) is 4.00. The van der Waals surface area contributed by atoms with Crippen LogP contribution < -0.4 is 0 Å². The van der Waals surface area contributed by atoms with E-state index in [0.29, 0.717) is 6.54 Å². The molecule has 114 valence electrons. The lowest BCUT2D eigenvalue weighted by Gasteiger charge is -2.33. The topological polar surface area (TPSA) is 40.6 Å². The maximum atomic E-state index is 12.3. The molecule has 0 aliphatic carbocycles. The van der Waals surface area contributed by atoms with E-state index in [1.165, 1.54) is 5.56 Å². The number of ketones is 1. The fourth-order valence-electron chi connectivity index (χ4n) is 2.66. The number of carbonyl (C=O) groups excluding carboxylic acids is 2. The van der Waals surface area contributed by atoms with E-state index in [4.69, 9.17) is 0 Å². The van der Waals surface area contributed by atoms with Gasteiger partial charge in [-0.05, 0) is 12.0 Å². The number of nitrogens with zero attached hydrogens (tertiary/aromatic N) is 2. The maximum Gasteiger partial charge on any atom is 0.219 e. The number of rotatable bonds is 5. The second-order valence-electron chi connectivity index (χ2n) is 5.65. The van der Waals surface area contributed by atoms with Crippen molar-refractivity contribution in [2.24, 2.45) is 0 Å². The van der Waals surface area contributed by atoms with Crippen LogP contribution in [0.5, 0.6) is 0 Å². The first kappa shape index (κ1) is 15.7. The van der Waals surface area contributed by atoms with Crippen molar-refractivity contribution in [2.75, 3.05) is 32.7 Å². The van der Waals surface area contributed by atoms with Crippen LogP contribution in [0.15, 0.2) is 24.3 Å². The Morgan fingerprint density at radius 3 is 2.19 bits per heavy atom. The van der Waals surface area contributed by atoms with Gasteiger partial charge in [0.05, 0.1) is 6.54 Å². The largest absolute Gasteiger partial charge is 0.340 e. The van der Waals surface area contributed by atoms with Crippen molar-refractivity contribution in [3.63, 3.8) is 0 Å². The molecule has 1 aromatic carbocycles. The number of piperazine rings is 1. The summed E-state index contributed by atoms with van der Waals surface area (Å²) in [5, 5.41) is 0. The van der Waals surface area contributed by atoms with Gasteiger partial charge in [0.15, 0.2) is 5.78 Å². The molecule has 0 saturated carbocycles. The van der Waals surface area contributed by atoms with Crippen LogP contribution in [0.3, 0.4) is 0 Å². The fourth-order valence-corrected chi connectivity index (χ4v) is 2.66. The molecule has 1 fully saturated rings. The molecule has 0 aromatic heterocycles. The van der Waals surface area contributed by atoms with Gasteiger partial charge in [0.25, 0.3) is 0 Å². The highest BCUT2D eigenvalue weighted by atomic mass is 16.2. The van der Waals surface area contributed by atoms with Crippen molar-refractivity contribution < 1.29 is 9.59 Å². The van der Waals surface area contributed by atoms with Crippen molar-refractivity contribution in [2.45, 2.75) is 26.7 Å². The highest BCUT2D eigenvalue weighted by molar-refractivity contribution is 5.97. The average Bonchev–Trinajstić information content (AvgIpc) is 2.49. The maximum absolute atomic E-state index is 12.3. The monoisotopic (exact) mass is 288 g/mol. The van der Waals surface area contributed by atoms with Crippen LogP contribution in [-0.4, -0.2) is 54.2 Å². The van der Waals surface area contributed by atoms with Crippen LogP contribution in [0.25, 0.3) is 0 Å². The van der Waals surface area contributed by atoms with E-state index in [1.807, 2.05) is 29.2 Å². The van der Waals surface area contributed by atoms with Crippen molar-refractivity contribution in [1.29, 1.82) is 0 Å². The summed E-state index contributed by atoms with van der Waals surface area (Å²) >= 11 is 0. The van der Waals surface area contributed by atoms with Crippen LogP contribution in [0, 0.1) is 0 Å². The molecule has 1 heterocycles. The van der Waals surface area contributed by atoms with Gasteiger partial charge in [-0.15, -0.1) is 0 Å². The molecule has 2 rings (SSSR count). The van der Waals surface area contributed by atoms with Crippen molar-refractivity contribution in [3.05, 3.63) is 35.4 Å². The Hall–Kier alpha value is -1.68. The lowest BCUT2D eigenvalue weighted by molar-refractivity contribution is -0.130. The Labute approximate surface area is 126 Å². The van der Waals surface area contributed by atoms with Gasteiger partial charge in [0, 0.05) is 38.7 Å². The molecule has 1 aliphatic rings. The zero-order chi connectivity index (χ0) is 15.2. The molecule has 4 nitrogen and oxygen atoms in total. The van der Waals surface area contributed by atoms with Gasteiger partial charge in [0.2, 0.25) is 5.91 Å². The van der Waals surface area contributed by atoms with Gasteiger partial charge in [-0.25, -0.2) is 0 Å². The summed E-state index contributed by atoms with van der Waals surface area (Å²) in [5.74, 6) is 0.279. The lowest BCUT2D eigenvalue weighted by Crippen LogP contribution is -2.49. The molecule has 1 amide bonds. The highest BCUT2D eigenvalue weighted by Crippen LogP contribution is 2.09. The molecule has 0 spiro atoms. The Bertz CT molecular complexity index is 488. The zero-order valence-corrected chi connectivity index (χ0v) is 13.0. The van der Waals surface area contributed by atoms with Gasteiger partial charge in [-0.2, -0.15) is 0 Å². The van der Waals surface area contributed by atoms with Crippen molar-refractivity contribution in [1.82, 2.24) is 9.80 Å². The standard InChI is InChI=1S/C17H24N2O2/c1-3-4-15-5-7-16(8-6-15)17(21)13-18-9-11-19(12-10-18)14(2)20/h5-8H,3-4,9-13H2,1-2H3. The van der Waals surface area contributed by atoms with Crippen LogP contribution in [0.2, 0.25) is 0 Å². The predicted molar refractivity (Wildman–Crippen MR) is 83.5 cm³/mol. The Morgan fingerprint density at radius 2 is 1.67 bits per heavy atom. The van der Waals surface area contributed by atoms with Crippen molar-refractivity contribution in [3.8, 4) is 0 Å². The molecule has 4 heteroatoms. The Balaban J connectivity index is 1.86. The van der Waals surface area contributed by atoms with E-state index in [0.717, 1.165) is 44.6 Å². The first-order valence-corrected chi connectivity index (χ1v) is 7.70. The number of amides is 1. The minimum Gasteiger partial charge on any atom is -0.340 e. The van der Waals surface area contributed by atoms with Gasteiger partial charge in [-0.3, -0.25) is 14.5 Å². The summed E-state index contributed by atoms with van der Waals surface area (Å²) in [7, 11) is 0. The molecule has 1 aromatic rings. The predicted octanol–water partition coefficient (Wildman–Crippen LogP) is 1.99. The summed E-state index contributed by atoms with van der Waals surface area (Å²) in [6.45, 7) is 7.19. The number of hydrogen-bond acceptors (Lipinski definition) is 3. The van der Waals surface area contributed by atoms with E-state index in [-0.39, 0.29) is 11.7 Å². The van der Waals surface area contributed by atoms with Gasteiger partial charge in [0.1, 0.15) is 0 Å². The molecule has 0 radical (unpaired) electrons. The quantitative estimate of drug-likeness (QED) is 0.778. The molecular formula is C17H24N2O2. The Morgan fingerprint density at radius 1 is 1.05 bits per heavy atom. The summed E-state index contributed by atoms with van der Waals surface area (Å²) in [5.41, 5.74) is 2.06. The third-order valence-corrected chi connectivity index (χ3v) is 4.00. The molecular weight excluding hydrogens is 264 g/mol. The lowest BCUT2D eigenvalue weighted by atomic mass is 10.0. The number of benzene rings is 1. The van der Waals surface area contributed by atoms with E-state index in [2.05, 4.69) is 11.8 Å². The van der Waals surface area contributed by atoms with E-state index in [9.17, 15) is 9.59 Å². The minimum atomic E-state index is 0.118. The number of Topliss-reactive ketones (excluding diaryl/α,β-unsaturated/α-hetero) is 1. The molecule has 1 aliphatic heterocycles. The van der Waals surface area contributed by atoms with Crippen LogP contribution >= 0.6 is 0 Å². The SMILES string of the molecule is CCCc1ccc(C(=O)CN2CCN(C(C)=O)CC2)cc1. The summed E-state index contributed by atoms with van der Waals surface area (Å²) in [4.78, 5) is 27.5. The smallest absolute Gasteiger partial charge is 0.219 e. The van der Waals surface area contributed by atoms with Crippen molar-refractivity contribution >= 4 is 11.7 Å². The first-order valence-electron chi connectivity index (χ1n) is 7.70. The second kappa shape index (κ2) is 7.36. The van der Waals surface area contributed by atoms with E-state index in [1.54, 1.807) is 6.92 Å². The molecule has 0 atom stereocenters. The summed E-state index contributed by atoms with van der Waals surface area (Å²) < 4.78 is 0. The third kappa shape index (κ3) is 4.39. The van der Waals surface area contributed by atoms with Crippen LogP contribution in [0.1, 0.15) is 36.2 Å². The van der Waals surface area contributed by atoms with Gasteiger partial charge >= 0.3 is 0 Å². The Kier molecular flexibility index (Phi) is 5.51. The first-order chi connectivity index (χ1) is 10.1. The molecule has 21 heavy (non-hydrogen) atoms.